The van der Waals surface area contributed by atoms with Crippen LogP contribution in [0, 0.1) is 6.92 Å². The maximum atomic E-state index is 5.89. The van der Waals surface area contributed by atoms with Crippen LogP contribution in [0.1, 0.15) is 18.9 Å². The van der Waals surface area contributed by atoms with Crippen LogP contribution in [0.15, 0.2) is 35.3 Å². The van der Waals surface area contributed by atoms with E-state index in [0.717, 1.165) is 34.9 Å². The number of benzene rings is 1. The minimum Gasteiger partial charge on any atom is -0.493 e. The Morgan fingerprint density at radius 3 is 2.81 bits per heavy atom. The van der Waals surface area contributed by atoms with E-state index in [9.17, 15) is 0 Å². The summed E-state index contributed by atoms with van der Waals surface area (Å²) in [5.41, 5.74) is 7.72. The predicted molar refractivity (Wildman–Crippen MR) is 101 cm³/mol. The van der Waals surface area contributed by atoms with Gasteiger partial charge in [-0.05, 0) is 44.0 Å². The first kappa shape index (κ1) is 20.1. The fourth-order valence-electron chi connectivity index (χ4n) is 1.52. The quantitative estimate of drug-likeness (QED) is 0.232. The van der Waals surface area contributed by atoms with Gasteiger partial charge in [0.25, 0.3) is 0 Å². The van der Waals surface area contributed by atoms with Gasteiger partial charge in [-0.25, -0.2) is 4.99 Å². The molecule has 0 aromatic heterocycles. The molecule has 0 fully saturated rings. The molecular weight excluding hydrogens is 401 g/mol. The van der Waals surface area contributed by atoms with Crippen LogP contribution >= 0.6 is 35.6 Å². The number of halogens is 2. The molecule has 0 aliphatic rings. The second-order valence-corrected chi connectivity index (χ2v) is 5.13. The highest BCUT2D eigenvalue weighted by molar-refractivity contribution is 14.0. The Morgan fingerprint density at radius 2 is 2.19 bits per heavy atom. The van der Waals surface area contributed by atoms with Gasteiger partial charge < -0.3 is 15.8 Å². The van der Waals surface area contributed by atoms with Crippen LogP contribution in [0.25, 0.3) is 0 Å². The molecule has 0 atom stereocenters. The normalized spacial score (nSPS) is 10.7. The molecule has 0 radical (unpaired) electrons. The topological polar surface area (TPSA) is 59.6 Å². The van der Waals surface area contributed by atoms with Gasteiger partial charge in [-0.1, -0.05) is 23.8 Å². The maximum Gasteiger partial charge on any atom is 0.188 e. The van der Waals surface area contributed by atoms with Crippen molar-refractivity contribution in [1.29, 1.82) is 0 Å². The monoisotopic (exact) mass is 423 g/mol. The summed E-state index contributed by atoms with van der Waals surface area (Å²) in [4.78, 5) is 4.13. The summed E-state index contributed by atoms with van der Waals surface area (Å²) in [6.07, 6.45) is 0.839. The summed E-state index contributed by atoms with van der Waals surface area (Å²) in [6, 6.07) is 5.59. The number of hydrogen-bond donors (Lipinski definition) is 2. The summed E-state index contributed by atoms with van der Waals surface area (Å²) in [5, 5.41) is 3.75. The first-order chi connectivity index (χ1) is 9.49. The Morgan fingerprint density at radius 1 is 1.48 bits per heavy atom. The van der Waals surface area contributed by atoms with Gasteiger partial charge in [-0.2, -0.15) is 0 Å². The highest BCUT2D eigenvalue weighted by Gasteiger charge is 2.00. The third kappa shape index (κ3) is 8.83. The number of rotatable bonds is 7. The third-order valence-corrected chi connectivity index (χ3v) is 2.78. The summed E-state index contributed by atoms with van der Waals surface area (Å²) < 4.78 is 5.68. The average molecular weight is 424 g/mol. The number of nitrogens with two attached hydrogens (primary N) is 1. The summed E-state index contributed by atoms with van der Waals surface area (Å²) in [7, 11) is 0. The lowest BCUT2D eigenvalue weighted by Gasteiger charge is -2.10. The van der Waals surface area contributed by atoms with Crippen molar-refractivity contribution in [1.82, 2.24) is 5.32 Å². The molecule has 0 saturated heterocycles. The number of ether oxygens (including phenoxy) is 1. The first-order valence-corrected chi connectivity index (χ1v) is 6.94. The van der Waals surface area contributed by atoms with Gasteiger partial charge in [0.05, 0.1) is 13.2 Å². The lowest BCUT2D eigenvalue weighted by atomic mass is 10.2. The van der Waals surface area contributed by atoms with E-state index in [4.69, 9.17) is 22.1 Å². The van der Waals surface area contributed by atoms with Crippen molar-refractivity contribution in [3.8, 4) is 5.75 Å². The maximum absolute atomic E-state index is 5.89. The first-order valence-electron chi connectivity index (χ1n) is 6.56. The van der Waals surface area contributed by atoms with E-state index in [2.05, 4.69) is 16.9 Å². The van der Waals surface area contributed by atoms with E-state index in [0.29, 0.717) is 19.1 Å². The standard InChI is InChI=1S/C15H22ClN3O.HI/c1-11(2)10-19-15(17)18-7-4-8-20-14-6-5-13(16)9-12(14)3;/h5-6,9H,1,4,7-8,10H2,2-3H3,(H3,17,18,19);1H. The van der Waals surface area contributed by atoms with Gasteiger partial charge in [0.1, 0.15) is 5.75 Å². The lowest BCUT2D eigenvalue weighted by Crippen LogP contribution is -2.33. The highest BCUT2D eigenvalue weighted by atomic mass is 127. The number of aliphatic imine (C=N–C) groups is 1. The Bertz CT molecular complexity index is 492. The van der Waals surface area contributed by atoms with Crippen LogP contribution in [0.5, 0.6) is 5.75 Å². The molecule has 1 aromatic carbocycles. The molecule has 1 rings (SSSR count). The molecule has 118 valence electrons. The minimum atomic E-state index is 0. The van der Waals surface area contributed by atoms with Gasteiger partial charge in [0.2, 0.25) is 0 Å². The summed E-state index contributed by atoms with van der Waals surface area (Å²) in [5.74, 6) is 1.30. The molecule has 0 heterocycles. The Balaban J connectivity index is 0.00000400. The van der Waals surface area contributed by atoms with Crippen molar-refractivity contribution in [2.24, 2.45) is 10.7 Å². The van der Waals surface area contributed by atoms with E-state index >= 15 is 0 Å². The second-order valence-electron chi connectivity index (χ2n) is 4.70. The van der Waals surface area contributed by atoms with Crippen molar-refractivity contribution in [2.45, 2.75) is 20.3 Å². The van der Waals surface area contributed by atoms with Crippen LogP contribution in [-0.4, -0.2) is 25.7 Å². The summed E-state index contributed by atoms with van der Waals surface area (Å²) >= 11 is 5.89. The van der Waals surface area contributed by atoms with Crippen molar-refractivity contribution >= 4 is 41.5 Å². The number of guanidine groups is 1. The molecule has 0 aliphatic heterocycles. The molecule has 0 aliphatic carbocycles. The van der Waals surface area contributed by atoms with Gasteiger partial charge in [-0.3, -0.25) is 0 Å². The van der Waals surface area contributed by atoms with E-state index < -0.39 is 0 Å². The van der Waals surface area contributed by atoms with Gasteiger partial charge >= 0.3 is 0 Å². The Hall–Kier alpha value is -0.950. The van der Waals surface area contributed by atoms with E-state index in [1.807, 2.05) is 32.0 Å². The van der Waals surface area contributed by atoms with E-state index in [1.54, 1.807) is 0 Å². The molecule has 0 amide bonds. The lowest BCUT2D eigenvalue weighted by molar-refractivity contribution is 0.309. The zero-order chi connectivity index (χ0) is 15.0. The van der Waals surface area contributed by atoms with Crippen LogP contribution in [0.2, 0.25) is 5.02 Å². The number of hydrogen-bond acceptors (Lipinski definition) is 2. The minimum absolute atomic E-state index is 0. The van der Waals surface area contributed by atoms with Crippen LogP contribution in [-0.2, 0) is 0 Å². The van der Waals surface area contributed by atoms with Crippen molar-refractivity contribution in [2.75, 3.05) is 19.7 Å². The van der Waals surface area contributed by atoms with Gasteiger partial charge in [-0.15, -0.1) is 24.0 Å². The van der Waals surface area contributed by atoms with Crippen LogP contribution in [0.4, 0.5) is 0 Å². The smallest absolute Gasteiger partial charge is 0.188 e. The molecular formula is C15H23ClIN3O. The fraction of sp³-hybridized carbons (Fsp3) is 0.400. The Labute approximate surface area is 148 Å². The molecule has 0 bridgehead atoms. The second kappa shape index (κ2) is 10.7. The van der Waals surface area contributed by atoms with Crippen molar-refractivity contribution < 1.29 is 4.74 Å². The zero-order valence-corrected chi connectivity index (χ0v) is 15.6. The highest BCUT2D eigenvalue weighted by Crippen LogP contribution is 2.21. The van der Waals surface area contributed by atoms with Crippen molar-refractivity contribution in [3.63, 3.8) is 0 Å². The molecule has 0 spiro atoms. The predicted octanol–water partition coefficient (Wildman–Crippen LogP) is 3.52. The molecule has 21 heavy (non-hydrogen) atoms. The van der Waals surface area contributed by atoms with Gasteiger partial charge in [0.15, 0.2) is 5.96 Å². The van der Waals surface area contributed by atoms with E-state index in [-0.39, 0.29) is 24.0 Å². The number of aryl methyl sites for hydroxylation is 1. The molecule has 6 heteroatoms. The van der Waals surface area contributed by atoms with Crippen LogP contribution < -0.4 is 15.8 Å². The molecule has 0 saturated carbocycles. The third-order valence-electron chi connectivity index (χ3n) is 2.54. The van der Waals surface area contributed by atoms with Gasteiger partial charge in [0, 0.05) is 11.6 Å². The SMILES string of the molecule is C=C(C)CN=C(N)NCCCOc1ccc(Cl)cc1C.I. The summed E-state index contributed by atoms with van der Waals surface area (Å²) in [6.45, 7) is 9.54. The fourth-order valence-corrected chi connectivity index (χ4v) is 1.75. The number of nitrogens with zero attached hydrogens (tertiary/aromatic N) is 1. The molecule has 4 nitrogen and oxygen atoms in total. The van der Waals surface area contributed by atoms with E-state index in [1.165, 1.54) is 0 Å². The number of nitrogens with one attached hydrogen (secondary N) is 1. The molecule has 0 unspecified atom stereocenters. The van der Waals surface area contributed by atoms with Crippen molar-refractivity contribution in [3.05, 3.63) is 40.9 Å². The molecule has 3 N–H and O–H groups in total. The Kier molecular flexibility index (Phi) is 10.2. The largest absolute Gasteiger partial charge is 0.493 e. The molecule has 1 aromatic rings. The average Bonchev–Trinajstić information content (AvgIpc) is 2.38. The van der Waals surface area contributed by atoms with Crippen LogP contribution in [0.3, 0.4) is 0 Å². The zero-order valence-electron chi connectivity index (χ0n) is 12.5.